The van der Waals surface area contributed by atoms with Gasteiger partial charge in [-0.15, -0.1) is 0 Å². The maximum Gasteiger partial charge on any atom is 0.122 e. The summed E-state index contributed by atoms with van der Waals surface area (Å²) in [4.78, 5) is 0. The summed E-state index contributed by atoms with van der Waals surface area (Å²) >= 11 is 0. The van der Waals surface area contributed by atoms with Crippen molar-refractivity contribution in [2.45, 2.75) is 31.4 Å². The van der Waals surface area contributed by atoms with Gasteiger partial charge in [0.15, 0.2) is 0 Å². The molecule has 2 aliphatic rings. The van der Waals surface area contributed by atoms with Crippen LogP contribution in [0.3, 0.4) is 0 Å². The second kappa shape index (κ2) is 5.49. The Bertz CT molecular complexity index is 442. The number of fused-ring (bicyclic) bond motifs is 1. The second-order valence-corrected chi connectivity index (χ2v) is 5.65. The molecule has 0 amide bonds. The fourth-order valence-corrected chi connectivity index (χ4v) is 2.84. The maximum atomic E-state index is 10.2. The average molecular weight is 262 g/mol. The van der Waals surface area contributed by atoms with Crippen molar-refractivity contribution in [1.29, 1.82) is 0 Å². The molecule has 2 heterocycles. The Hall–Kier alpha value is -1.10. The van der Waals surface area contributed by atoms with Crippen molar-refractivity contribution < 1.29 is 9.84 Å². The molecule has 0 radical (unpaired) electrons. The first kappa shape index (κ1) is 12.9. The molecule has 0 aromatic heterocycles. The third kappa shape index (κ3) is 3.08. The third-order valence-corrected chi connectivity index (χ3v) is 3.98. The quantitative estimate of drug-likeness (QED) is 0.752. The Morgan fingerprint density at radius 2 is 2.37 bits per heavy atom. The van der Waals surface area contributed by atoms with Crippen molar-refractivity contribution in [3.8, 4) is 5.75 Å². The lowest BCUT2D eigenvalue weighted by Crippen LogP contribution is -2.42. The van der Waals surface area contributed by atoms with Crippen LogP contribution in [0.1, 0.15) is 24.0 Å². The highest BCUT2D eigenvalue weighted by Gasteiger charge is 2.30. The van der Waals surface area contributed by atoms with Crippen LogP contribution in [-0.2, 0) is 13.0 Å². The first-order chi connectivity index (χ1) is 9.25. The van der Waals surface area contributed by atoms with Crippen molar-refractivity contribution in [2.75, 3.05) is 26.2 Å². The molecular weight excluding hydrogens is 240 g/mol. The molecule has 19 heavy (non-hydrogen) atoms. The van der Waals surface area contributed by atoms with Crippen molar-refractivity contribution in [1.82, 2.24) is 10.6 Å². The number of ether oxygens (including phenoxy) is 1. The van der Waals surface area contributed by atoms with Gasteiger partial charge in [0, 0.05) is 19.6 Å². The van der Waals surface area contributed by atoms with E-state index in [4.69, 9.17) is 4.74 Å². The van der Waals surface area contributed by atoms with Gasteiger partial charge in [-0.25, -0.2) is 0 Å². The zero-order valence-corrected chi connectivity index (χ0v) is 11.2. The molecule has 0 saturated carbocycles. The molecule has 2 aliphatic heterocycles. The SMILES string of the molecule is O[C@@]1(CNCc2ccc3c(c2)CCCO3)CCNC1. The van der Waals surface area contributed by atoms with Gasteiger partial charge in [-0.3, -0.25) is 0 Å². The molecule has 0 unspecified atom stereocenters. The minimum Gasteiger partial charge on any atom is -0.493 e. The van der Waals surface area contributed by atoms with Crippen LogP contribution in [0.25, 0.3) is 0 Å². The largest absolute Gasteiger partial charge is 0.493 e. The number of hydrogen-bond acceptors (Lipinski definition) is 4. The number of aryl methyl sites for hydroxylation is 1. The van der Waals surface area contributed by atoms with E-state index in [2.05, 4.69) is 28.8 Å². The molecule has 3 rings (SSSR count). The van der Waals surface area contributed by atoms with E-state index in [0.29, 0.717) is 13.1 Å². The molecule has 0 spiro atoms. The van der Waals surface area contributed by atoms with E-state index >= 15 is 0 Å². The van der Waals surface area contributed by atoms with E-state index in [1.165, 1.54) is 11.1 Å². The summed E-state index contributed by atoms with van der Waals surface area (Å²) in [6.45, 7) is 3.89. The van der Waals surface area contributed by atoms with Crippen LogP contribution >= 0.6 is 0 Å². The van der Waals surface area contributed by atoms with E-state index in [1.807, 2.05) is 0 Å². The first-order valence-corrected chi connectivity index (χ1v) is 7.14. The summed E-state index contributed by atoms with van der Waals surface area (Å²) < 4.78 is 5.61. The summed E-state index contributed by atoms with van der Waals surface area (Å²) in [5, 5.41) is 16.8. The van der Waals surface area contributed by atoms with E-state index in [0.717, 1.165) is 44.7 Å². The fourth-order valence-electron chi connectivity index (χ4n) is 2.84. The highest BCUT2D eigenvalue weighted by Crippen LogP contribution is 2.25. The maximum absolute atomic E-state index is 10.2. The number of benzene rings is 1. The molecular formula is C15H22N2O2. The van der Waals surface area contributed by atoms with Gasteiger partial charge in [0.05, 0.1) is 12.2 Å². The average Bonchev–Trinajstić information content (AvgIpc) is 2.86. The Kier molecular flexibility index (Phi) is 3.73. The molecule has 1 fully saturated rings. The topological polar surface area (TPSA) is 53.5 Å². The highest BCUT2D eigenvalue weighted by molar-refractivity contribution is 5.38. The van der Waals surface area contributed by atoms with Crippen molar-refractivity contribution in [2.24, 2.45) is 0 Å². The predicted molar refractivity (Wildman–Crippen MR) is 74.4 cm³/mol. The minimum absolute atomic E-state index is 0.572. The van der Waals surface area contributed by atoms with Gasteiger partial charge in [0.1, 0.15) is 5.75 Å². The van der Waals surface area contributed by atoms with Crippen molar-refractivity contribution in [3.05, 3.63) is 29.3 Å². The summed E-state index contributed by atoms with van der Waals surface area (Å²) in [5.41, 5.74) is 2.00. The van der Waals surface area contributed by atoms with Crippen molar-refractivity contribution in [3.63, 3.8) is 0 Å². The molecule has 1 aromatic carbocycles. The van der Waals surface area contributed by atoms with Gasteiger partial charge in [-0.2, -0.15) is 0 Å². The minimum atomic E-state index is -0.572. The predicted octanol–water partition coefficient (Wildman–Crippen LogP) is 0.826. The summed E-state index contributed by atoms with van der Waals surface area (Å²) in [7, 11) is 0. The van der Waals surface area contributed by atoms with Crippen LogP contribution < -0.4 is 15.4 Å². The summed E-state index contributed by atoms with van der Waals surface area (Å²) in [5.74, 6) is 1.04. The Labute approximate surface area is 114 Å². The molecule has 1 atom stereocenters. The molecule has 104 valence electrons. The highest BCUT2D eigenvalue weighted by atomic mass is 16.5. The summed E-state index contributed by atoms with van der Waals surface area (Å²) in [6.07, 6.45) is 3.05. The van der Waals surface area contributed by atoms with Gasteiger partial charge in [-0.05, 0) is 43.0 Å². The normalized spacial score (nSPS) is 25.9. The van der Waals surface area contributed by atoms with E-state index in [1.54, 1.807) is 0 Å². The van der Waals surface area contributed by atoms with Gasteiger partial charge in [0.25, 0.3) is 0 Å². The van der Waals surface area contributed by atoms with Gasteiger partial charge < -0.3 is 20.5 Å². The van der Waals surface area contributed by atoms with Crippen LogP contribution in [0.2, 0.25) is 0 Å². The zero-order valence-electron chi connectivity index (χ0n) is 11.2. The number of rotatable bonds is 4. The fraction of sp³-hybridized carbons (Fsp3) is 0.600. The van der Waals surface area contributed by atoms with Gasteiger partial charge >= 0.3 is 0 Å². The standard InChI is InChI=1S/C15H22N2O2/c18-15(5-6-16-10-15)11-17-9-12-3-4-14-13(8-12)2-1-7-19-14/h3-4,8,16-18H,1-2,5-7,9-11H2/t15-/m0/s1. The lowest BCUT2D eigenvalue weighted by atomic mass is 10.0. The second-order valence-electron chi connectivity index (χ2n) is 5.65. The van der Waals surface area contributed by atoms with E-state index < -0.39 is 5.60 Å². The molecule has 1 aromatic rings. The zero-order chi connectivity index (χ0) is 13.1. The lowest BCUT2D eigenvalue weighted by Gasteiger charge is -2.22. The number of nitrogens with one attached hydrogen (secondary N) is 2. The van der Waals surface area contributed by atoms with Crippen LogP contribution in [0.15, 0.2) is 18.2 Å². The third-order valence-electron chi connectivity index (χ3n) is 3.98. The molecule has 0 bridgehead atoms. The monoisotopic (exact) mass is 262 g/mol. The Morgan fingerprint density at radius 3 is 3.21 bits per heavy atom. The van der Waals surface area contributed by atoms with Crippen LogP contribution in [0.5, 0.6) is 5.75 Å². The molecule has 0 aliphatic carbocycles. The molecule has 1 saturated heterocycles. The van der Waals surface area contributed by atoms with Crippen LogP contribution in [-0.4, -0.2) is 36.9 Å². The lowest BCUT2D eigenvalue weighted by molar-refractivity contribution is 0.0609. The molecule has 4 heteroatoms. The van der Waals surface area contributed by atoms with Crippen LogP contribution in [0.4, 0.5) is 0 Å². The van der Waals surface area contributed by atoms with Crippen LogP contribution in [0, 0.1) is 0 Å². The molecule has 3 N–H and O–H groups in total. The first-order valence-electron chi connectivity index (χ1n) is 7.14. The number of β-amino-alcohol motifs (C(OH)–C–C–N with tert-alkyl or cyclic N) is 1. The van der Waals surface area contributed by atoms with Gasteiger partial charge in [0.2, 0.25) is 0 Å². The molecule has 4 nitrogen and oxygen atoms in total. The number of aliphatic hydroxyl groups is 1. The van der Waals surface area contributed by atoms with Gasteiger partial charge in [-0.1, -0.05) is 12.1 Å². The van der Waals surface area contributed by atoms with Crippen molar-refractivity contribution >= 4 is 0 Å². The van der Waals surface area contributed by atoms with E-state index in [9.17, 15) is 5.11 Å². The van der Waals surface area contributed by atoms with E-state index in [-0.39, 0.29) is 0 Å². The summed E-state index contributed by atoms with van der Waals surface area (Å²) in [6, 6.07) is 6.39. The smallest absolute Gasteiger partial charge is 0.122 e. The Morgan fingerprint density at radius 1 is 1.42 bits per heavy atom. The number of hydrogen-bond donors (Lipinski definition) is 3. The Balaban J connectivity index is 1.55.